The Balaban J connectivity index is 2.53. The minimum Gasteiger partial charge on any atom is -0.312 e. The quantitative estimate of drug-likeness (QED) is 0.775. The zero-order chi connectivity index (χ0) is 10.8. The first-order chi connectivity index (χ1) is 7.15. The van der Waals surface area contributed by atoms with Gasteiger partial charge in [-0.1, -0.05) is 0 Å². The fraction of sp³-hybridized carbons (Fsp3) is 0. The Hall–Kier alpha value is -2.04. The molecule has 0 aliphatic carbocycles. The van der Waals surface area contributed by atoms with Gasteiger partial charge in [0.2, 0.25) is 0 Å². The summed E-state index contributed by atoms with van der Waals surface area (Å²) < 4.78 is 25.7. The van der Waals surface area contributed by atoms with Crippen LogP contribution in [0.3, 0.4) is 0 Å². The minimum atomic E-state index is -0.670. The van der Waals surface area contributed by atoms with Gasteiger partial charge in [-0.25, -0.2) is 18.6 Å². The van der Waals surface area contributed by atoms with E-state index in [0.29, 0.717) is 11.1 Å². The molecule has 2 aromatic rings. The third-order valence-electron chi connectivity index (χ3n) is 1.87. The predicted molar refractivity (Wildman–Crippen MR) is 50.2 cm³/mol. The van der Waals surface area contributed by atoms with Crippen LogP contribution in [0.15, 0.2) is 35.4 Å². The lowest BCUT2D eigenvalue weighted by atomic mass is 10.1. The second-order valence-corrected chi connectivity index (χ2v) is 2.97. The van der Waals surface area contributed by atoms with Gasteiger partial charge in [-0.05, 0) is 17.7 Å². The summed E-state index contributed by atoms with van der Waals surface area (Å²) in [4.78, 5) is 16.5. The van der Waals surface area contributed by atoms with Crippen LogP contribution in [-0.4, -0.2) is 9.97 Å². The number of hydrogen-bond donors (Lipinski definition) is 1. The third-order valence-corrected chi connectivity index (χ3v) is 1.87. The zero-order valence-corrected chi connectivity index (χ0v) is 7.50. The summed E-state index contributed by atoms with van der Waals surface area (Å²) in [5.41, 5.74) is 0.278. The molecular weight excluding hydrogens is 202 g/mol. The Bertz CT molecular complexity index is 511. The lowest BCUT2D eigenvalue weighted by Crippen LogP contribution is -2.07. The monoisotopic (exact) mass is 208 g/mol. The molecule has 0 unspecified atom stereocenters. The van der Waals surface area contributed by atoms with Crippen molar-refractivity contribution in [3.05, 3.63) is 52.7 Å². The molecule has 2 rings (SSSR count). The number of rotatable bonds is 1. The summed E-state index contributed by atoms with van der Waals surface area (Å²) in [6, 6.07) is 3.11. The normalized spacial score (nSPS) is 10.3. The summed E-state index contributed by atoms with van der Waals surface area (Å²) in [6.45, 7) is 0. The lowest BCUT2D eigenvalue weighted by Gasteiger charge is -2.00. The molecule has 15 heavy (non-hydrogen) atoms. The van der Waals surface area contributed by atoms with Gasteiger partial charge < -0.3 is 4.98 Å². The molecule has 0 saturated carbocycles. The Morgan fingerprint density at radius 3 is 2.27 bits per heavy atom. The Kier molecular flexibility index (Phi) is 2.29. The van der Waals surface area contributed by atoms with Gasteiger partial charge in [0.25, 0.3) is 0 Å². The van der Waals surface area contributed by atoms with Crippen molar-refractivity contribution in [1.29, 1.82) is 0 Å². The Morgan fingerprint density at radius 1 is 1.07 bits per heavy atom. The third kappa shape index (κ3) is 2.07. The topological polar surface area (TPSA) is 45.8 Å². The van der Waals surface area contributed by atoms with E-state index in [-0.39, 0.29) is 0 Å². The van der Waals surface area contributed by atoms with Crippen molar-refractivity contribution >= 4 is 0 Å². The number of aromatic amines is 1. The van der Waals surface area contributed by atoms with E-state index >= 15 is 0 Å². The van der Waals surface area contributed by atoms with Crippen LogP contribution < -0.4 is 5.69 Å². The number of benzene rings is 1. The first-order valence-corrected chi connectivity index (χ1v) is 4.16. The number of hydrogen-bond acceptors (Lipinski definition) is 2. The lowest BCUT2D eigenvalue weighted by molar-refractivity contribution is 0.584. The van der Waals surface area contributed by atoms with E-state index in [4.69, 9.17) is 0 Å². The van der Waals surface area contributed by atoms with Crippen LogP contribution in [0.2, 0.25) is 0 Å². The number of halogens is 2. The molecule has 0 radical (unpaired) electrons. The van der Waals surface area contributed by atoms with Crippen LogP contribution in [0.1, 0.15) is 0 Å². The summed E-state index contributed by atoms with van der Waals surface area (Å²) in [6.07, 6.45) is 2.61. The van der Waals surface area contributed by atoms with E-state index in [1.165, 1.54) is 24.5 Å². The zero-order valence-electron chi connectivity index (χ0n) is 7.50. The Labute approximate surface area is 83.4 Å². The Morgan fingerprint density at radius 2 is 1.73 bits per heavy atom. The molecule has 0 aliphatic rings. The van der Waals surface area contributed by atoms with Gasteiger partial charge in [-0.15, -0.1) is 0 Å². The highest BCUT2D eigenvalue weighted by Gasteiger charge is 2.03. The van der Waals surface area contributed by atoms with Crippen molar-refractivity contribution in [2.45, 2.75) is 0 Å². The second-order valence-electron chi connectivity index (χ2n) is 2.97. The molecule has 5 heteroatoms. The average Bonchev–Trinajstić information content (AvgIpc) is 2.17. The summed E-state index contributed by atoms with van der Waals surface area (Å²) in [5, 5.41) is 0. The van der Waals surface area contributed by atoms with Crippen molar-refractivity contribution in [3.63, 3.8) is 0 Å². The van der Waals surface area contributed by atoms with Gasteiger partial charge in [0, 0.05) is 24.0 Å². The molecule has 1 N–H and O–H groups in total. The first-order valence-electron chi connectivity index (χ1n) is 4.16. The van der Waals surface area contributed by atoms with Gasteiger partial charge >= 0.3 is 5.69 Å². The van der Waals surface area contributed by atoms with Gasteiger partial charge in [0.1, 0.15) is 11.6 Å². The molecule has 1 aromatic carbocycles. The van der Waals surface area contributed by atoms with Gasteiger partial charge in [-0.2, -0.15) is 0 Å². The predicted octanol–water partition coefficient (Wildman–Crippen LogP) is 1.72. The molecule has 76 valence electrons. The van der Waals surface area contributed by atoms with Crippen LogP contribution in [-0.2, 0) is 0 Å². The largest absolute Gasteiger partial charge is 0.344 e. The van der Waals surface area contributed by atoms with E-state index in [9.17, 15) is 13.6 Å². The number of H-pyrrole nitrogens is 1. The maximum atomic E-state index is 12.9. The van der Waals surface area contributed by atoms with Crippen molar-refractivity contribution in [1.82, 2.24) is 9.97 Å². The first kappa shape index (κ1) is 9.51. The SMILES string of the molecule is O=c1ncc(-c2cc(F)cc(F)c2)c[nH]1. The highest BCUT2D eigenvalue weighted by molar-refractivity contribution is 5.61. The van der Waals surface area contributed by atoms with Crippen molar-refractivity contribution in [3.8, 4) is 11.1 Å². The fourth-order valence-electron chi connectivity index (χ4n) is 1.22. The highest BCUT2D eigenvalue weighted by atomic mass is 19.1. The highest BCUT2D eigenvalue weighted by Crippen LogP contribution is 2.19. The fourth-order valence-corrected chi connectivity index (χ4v) is 1.22. The van der Waals surface area contributed by atoms with Crippen LogP contribution in [0.25, 0.3) is 11.1 Å². The number of nitrogens with zero attached hydrogens (tertiary/aromatic N) is 1. The van der Waals surface area contributed by atoms with Crippen LogP contribution in [0, 0.1) is 11.6 Å². The smallest absolute Gasteiger partial charge is 0.312 e. The standard InChI is InChI=1S/C10H6F2N2O/c11-8-1-6(2-9(12)3-8)7-4-13-10(15)14-5-7/h1-5H,(H,13,14,15). The van der Waals surface area contributed by atoms with Crippen LogP contribution in [0.4, 0.5) is 8.78 Å². The van der Waals surface area contributed by atoms with Crippen molar-refractivity contribution in [2.75, 3.05) is 0 Å². The number of nitrogens with one attached hydrogen (secondary N) is 1. The van der Waals surface area contributed by atoms with E-state index < -0.39 is 17.3 Å². The van der Waals surface area contributed by atoms with Gasteiger partial charge in [0.05, 0.1) is 0 Å². The molecule has 0 atom stereocenters. The average molecular weight is 208 g/mol. The van der Waals surface area contributed by atoms with Gasteiger partial charge in [0.15, 0.2) is 0 Å². The molecule has 0 amide bonds. The molecular formula is C10H6F2N2O. The second kappa shape index (κ2) is 3.61. The van der Waals surface area contributed by atoms with E-state index in [2.05, 4.69) is 9.97 Å². The maximum absolute atomic E-state index is 12.9. The molecule has 0 bridgehead atoms. The maximum Gasteiger partial charge on any atom is 0.344 e. The molecule has 0 spiro atoms. The molecule has 0 fully saturated rings. The van der Waals surface area contributed by atoms with E-state index in [1.54, 1.807) is 0 Å². The van der Waals surface area contributed by atoms with Crippen molar-refractivity contribution in [2.24, 2.45) is 0 Å². The van der Waals surface area contributed by atoms with Crippen LogP contribution >= 0.6 is 0 Å². The van der Waals surface area contributed by atoms with E-state index in [0.717, 1.165) is 6.07 Å². The van der Waals surface area contributed by atoms with Gasteiger partial charge in [-0.3, -0.25) is 0 Å². The molecule has 0 saturated heterocycles. The number of aromatic nitrogens is 2. The molecule has 1 aromatic heterocycles. The van der Waals surface area contributed by atoms with Crippen molar-refractivity contribution < 1.29 is 8.78 Å². The molecule has 3 nitrogen and oxygen atoms in total. The van der Waals surface area contributed by atoms with Crippen LogP contribution in [0.5, 0.6) is 0 Å². The molecule has 0 aliphatic heterocycles. The van der Waals surface area contributed by atoms with E-state index in [1.807, 2.05) is 0 Å². The molecule has 1 heterocycles. The summed E-state index contributed by atoms with van der Waals surface area (Å²) in [7, 11) is 0. The summed E-state index contributed by atoms with van der Waals surface area (Å²) in [5.74, 6) is -1.34. The minimum absolute atomic E-state index is 0.330. The summed E-state index contributed by atoms with van der Waals surface area (Å²) >= 11 is 0.